The van der Waals surface area contributed by atoms with E-state index >= 15 is 0 Å². The second-order valence-electron chi connectivity index (χ2n) is 5.73. The van der Waals surface area contributed by atoms with Crippen molar-refractivity contribution in [3.05, 3.63) is 66.2 Å². The SMILES string of the molecule is CC1(c2ccccc2)NN(CCC#N)C(=O)N(c2ccccc2)N1. The summed E-state index contributed by atoms with van der Waals surface area (Å²) in [5, 5.41) is 11.9. The summed E-state index contributed by atoms with van der Waals surface area (Å²) < 4.78 is 0. The largest absolute Gasteiger partial charge is 0.353 e. The van der Waals surface area contributed by atoms with Crippen LogP contribution in [0.25, 0.3) is 0 Å². The Morgan fingerprint density at radius 2 is 1.67 bits per heavy atom. The Morgan fingerprint density at radius 3 is 2.29 bits per heavy atom. The summed E-state index contributed by atoms with van der Waals surface area (Å²) in [6.07, 6.45) is 0.256. The molecule has 0 saturated carbocycles. The van der Waals surface area contributed by atoms with Crippen molar-refractivity contribution in [1.29, 1.82) is 5.26 Å². The van der Waals surface area contributed by atoms with Crippen LogP contribution in [0.15, 0.2) is 60.7 Å². The fourth-order valence-electron chi connectivity index (χ4n) is 2.70. The topological polar surface area (TPSA) is 71.4 Å². The predicted octanol–water partition coefficient (Wildman–Crippen LogP) is 2.72. The zero-order valence-electron chi connectivity index (χ0n) is 13.4. The van der Waals surface area contributed by atoms with E-state index in [0.29, 0.717) is 6.54 Å². The standard InChI is InChI=1S/C18H19N5O/c1-18(15-9-4-2-5-10-15)20-22(14-8-13-19)17(24)23(21-18)16-11-6-3-7-12-16/h2-7,9-12,20-21H,8,14H2,1H3. The molecular weight excluding hydrogens is 302 g/mol. The molecule has 0 spiro atoms. The maximum atomic E-state index is 12.8. The van der Waals surface area contributed by atoms with Crippen molar-refractivity contribution in [2.24, 2.45) is 0 Å². The average molecular weight is 321 g/mol. The van der Waals surface area contributed by atoms with Crippen LogP contribution in [0, 0.1) is 11.3 Å². The van der Waals surface area contributed by atoms with Gasteiger partial charge in [-0.1, -0.05) is 48.5 Å². The highest BCUT2D eigenvalue weighted by molar-refractivity contribution is 5.91. The minimum Gasteiger partial charge on any atom is -0.255 e. The monoisotopic (exact) mass is 321 g/mol. The van der Waals surface area contributed by atoms with E-state index in [1.54, 1.807) is 0 Å². The molecule has 6 heteroatoms. The predicted molar refractivity (Wildman–Crippen MR) is 91.3 cm³/mol. The number of nitriles is 1. The molecule has 0 aromatic heterocycles. The number of benzene rings is 2. The first-order valence-electron chi connectivity index (χ1n) is 7.79. The van der Waals surface area contributed by atoms with Crippen molar-refractivity contribution in [2.75, 3.05) is 11.6 Å². The van der Waals surface area contributed by atoms with Gasteiger partial charge in [-0.25, -0.2) is 15.2 Å². The zero-order valence-corrected chi connectivity index (χ0v) is 13.4. The van der Waals surface area contributed by atoms with Gasteiger partial charge in [-0.15, -0.1) is 0 Å². The van der Waals surface area contributed by atoms with Crippen LogP contribution in [-0.2, 0) is 5.66 Å². The number of carbonyl (C=O) groups is 1. The number of carbonyl (C=O) groups excluding carboxylic acids is 1. The number of hydrazine groups is 2. The fraction of sp³-hybridized carbons (Fsp3) is 0.222. The van der Waals surface area contributed by atoms with E-state index in [4.69, 9.17) is 5.26 Å². The summed E-state index contributed by atoms with van der Waals surface area (Å²) in [5.41, 5.74) is 7.53. The highest BCUT2D eigenvalue weighted by Gasteiger charge is 2.40. The van der Waals surface area contributed by atoms with Gasteiger partial charge in [-0.2, -0.15) is 10.7 Å². The molecule has 1 heterocycles. The summed E-state index contributed by atoms with van der Waals surface area (Å²) in [4.78, 5) is 12.8. The number of nitrogens with one attached hydrogen (secondary N) is 2. The molecule has 122 valence electrons. The molecule has 2 amide bonds. The minimum atomic E-state index is -0.680. The third-order valence-electron chi connectivity index (χ3n) is 3.93. The number of para-hydroxylation sites is 1. The molecule has 2 aromatic rings. The number of hydrogen-bond acceptors (Lipinski definition) is 4. The normalized spacial score (nSPS) is 20.8. The van der Waals surface area contributed by atoms with Crippen LogP contribution >= 0.6 is 0 Å². The molecule has 1 atom stereocenters. The Morgan fingerprint density at radius 1 is 1.04 bits per heavy atom. The minimum absolute atomic E-state index is 0.246. The third-order valence-corrected chi connectivity index (χ3v) is 3.93. The van der Waals surface area contributed by atoms with Gasteiger partial charge in [0, 0.05) is 0 Å². The molecule has 1 aliphatic rings. The van der Waals surface area contributed by atoms with Crippen LogP contribution in [0.3, 0.4) is 0 Å². The van der Waals surface area contributed by atoms with Crippen LogP contribution in [0.2, 0.25) is 0 Å². The molecule has 0 radical (unpaired) electrons. The second kappa shape index (κ2) is 6.71. The molecule has 2 N–H and O–H groups in total. The number of nitrogens with zero attached hydrogens (tertiary/aromatic N) is 3. The van der Waals surface area contributed by atoms with Gasteiger partial charge in [0.25, 0.3) is 0 Å². The molecule has 3 rings (SSSR count). The van der Waals surface area contributed by atoms with Crippen molar-refractivity contribution in [3.63, 3.8) is 0 Å². The van der Waals surface area contributed by atoms with Crippen LogP contribution < -0.4 is 15.9 Å². The lowest BCUT2D eigenvalue weighted by molar-refractivity contribution is 0.0784. The number of urea groups is 1. The quantitative estimate of drug-likeness (QED) is 0.908. The molecule has 0 bridgehead atoms. The third kappa shape index (κ3) is 3.08. The van der Waals surface area contributed by atoms with E-state index in [-0.39, 0.29) is 12.5 Å². The molecule has 1 unspecified atom stereocenters. The molecule has 0 aliphatic carbocycles. The lowest BCUT2D eigenvalue weighted by Gasteiger charge is -2.47. The number of anilines is 1. The first kappa shape index (κ1) is 16.0. The smallest absolute Gasteiger partial charge is 0.255 e. The van der Waals surface area contributed by atoms with Gasteiger partial charge in [0.15, 0.2) is 0 Å². The van der Waals surface area contributed by atoms with E-state index in [1.165, 1.54) is 10.0 Å². The molecule has 1 saturated heterocycles. The highest BCUT2D eigenvalue weighted by Crippen LogP contribution is 2.26. The van der Waals surface area contributed by atoms with Gasteiger partial charge in [-0.3, -0.25) is 5.01 Å². The van der Waals surface area contributed by atoms with Gasteiger partial charge in [-0.05, 0) is 24.6 Å². The fourth-order valence-corrected chi connectivity index (χ4v) is 2.70. The van der Waals surface area contributed by atoms with Crippen molar-refractivity contribution >= 4 is 11.7 Å². The molecule has 1 aliphatic heterocycles. The second-order valence-corrected chi connectivity index (χ2v) is 5.73. The molecular formula is C18H19N5O. The van der Waals surface area contributed by atoms with E-state index < -0.39 is 5.66 Å². The van der Waals surface area contributed by atoms with Gasteiger partial charge >= 0.3 is 6.03 Å². The van der Waals surface area contributed by atoms with E-state index in [9.17, 15) is 4.79 Å². The number of amides is 2. The van der Waals surface area contributed by atoms with Crippen LogP contribution in [-0.4, -0.2) is 17.6 Å². The maximum Gasteiger partial charge on any atom is 0.353 e. The Hall–Kier alpha value is -2.88. The maximum absolute atomic E-state index is 12.8. The van der Waals surface area contributed by atoms with Crippen LogP contribution in [0.4, 0.5) is 10.5 Å². The van der Waals surface area contributed by atoms with Gasteiger partial charge in [0.2, 0.25) is 0 Å². The summed E-state index contributed by atoms with van der Waals surface area (Å²) in [7, 11) is 0. The Balaban J connectivity index is 1.97. The first-order valence-corrected chi connectivity index (χ1v) is 7.79. The van der Waals surface area contributed by atoms with Gasteiger partial charge in [0.05, 0.1) is 24.7 Å². The summed E-state index contributed by atoms with van der Waals surface area (Å²) >= 11 is 0. The highest BCUT2D eigenvalue weighted by atomic mass is 16.2. The lowest BCUT2D eigenvalue weighted by atomic mass is 10.0. The van der Waals surface area contributed by atoms with E-state index in [2.05, 4.69) is 16.9 Å². The van der Waals surface area contributed by atoms with Crippen molar-refractivity contribution in [1.82, 2.24) is 15.9 Å². The lowest BCUT2D eigenvalue weighted by Crippen LogP contribution is -2.73. The summed E-state index contributed by atoms with van der Waals surface area (Å²) in [5.74, 6) is 0. The first-order chi connectivity index (χ1) is 11.6. The Bertz CT molecular complexity index is 743. The zero-order chi connectivity index (χ0) is 17.0. The van der Waals surface area contributed by atoms with E-state index in [0.717, 1.165) is 11.3 Å². The number of hydrogen-bond donors (Lipinski definition) is 2. The molecule has 6 nitrogen and oxygen atoms in total. The van der Waals surface area contributed by atoms with Crippen molar-refractivity contribution < 1.29 is 4.79 Å². The summed E-state index contributed by atoms with van der Waals surface area (Å²) in [6, 6.07) is 21.1. The van der Waals surface area contributed by atoms with E-state index in [1.807, 2.05) is 67.6 Å². The number of rotatable bonds is 4. The molecule has 2 aromatic carbocycles. The van der Waals surface area contributed by atoms with Gasteiger partial charge in [0.1, 0.15) is 5.66 Å². The molecule has 24 heavy (non-hydrogen) atoms. The summed E-state index contributed by atoms with van der Waals surface area (Å²) in [6.45, 7) is 2.27. The van der Waals surface area contributed by atoms with Crippen LogP contribution in [0.5, 0.6) is 0 Å². The van der Waals surface area contributed by atoms with Crippen molar-refractivity contribution in [3.8, 4) is 6.07 Å². The Kier molecular flexibility index (Phi) is 4.47. The van der Waals surface area contributed by atoms with Crippen LogP contribution in [0.1, 0.15) is 18.9 Å². The average Bonchev–Trinajstić information content (AvgIpc) is 2.64. The Labute approximate surface area is 141 Å². The van der Waals surface area contributed by atoms with Gasteiger partial charge < -0.3 is 0 Å². The molecule has 1 fully saturated rings. The van der Waals surface area contributed by atoms with Crippen molar-refractivity contribution in [2.45, 2.75) is 19.0 Å².